The lowest BCUT2D eigenvalue weighted by Gasteiger charge is -2.40. The molecule has 0 saturated heterocycles. The Labute approximate surface area is 191 Å². The molecule has 3 N–H and O–H groups in total. The molecule has 1 aliphatic rings. The molecule has 0 spiro atoms. The number of rotatable bonds is 5. The standard InChI is InChI=1S/C24H23ClN4O3/c1-23(27-3,21(26)30)19-14-13-18-20(28-19)32-24(2,15-7-5-4-6-8-15)22(31)29(18)17-11-9-16(25)10-12-17/h4-14,27H,1-3H3,(H2,26,30)/t23?,24-/m0/s1. The summed E-state index contributed by atoms with van der Waals surface area (Å²) in [5.41, 5.74) is 5.20. The van der Waals surface area contributed by atoms with Crippen molar-refractivity contribution >= 4 is 34.8 Å². The van der Waals surface area contributed by atoms with Crippen LogP contribution in [0.1, 0.15) is 25.1 Å². The first-order chi connectivity index (χ1) is 15.2. The number of hydrogen-bond acceptors (Lipinski definition) is 5. The van der Waals surface area contributed by atoms with Crippen LogP contribution in [0.4, 0.5) is 11.4 Å². The van der Waals surface area contributed by atoms with E-state index in [9.17, 15) is 9.59 Å². The first-order valence-electron chi connectivity index (χ1n) is 10.1. The number of hydrogen-bond donors (Lipinski definition) is 2. The van der Waals surface area contributed by atoms with Crippen LogP contribution in [0, 0.1) is 0 Å². The molecule has 1 aliphatic heterocycles. The number of amides is 2. The number of carbonyl (C=O) groups is 2. The summed E-state index contributed by atoms with van der Waals surface area (Å²) < 4.78 is 6.25. The summed E-state index contributed by atoms with van der Waals surface area (Å²) in [6, 6.07) is 19.5. The van der Waals surface area contributed by atoms with Crippen molar-refractivity contribution in [3.05, 3.63) is 83.0 Å². The Morgan fingerprint density at radius 2 is 1.78 bits per heavy atom. The zero-order valence-corrected chi connectivity index (χ0v) is 18.7. The van der Waals surface area contributed by atoms with Crippen LogP contribution >= 0.6 is 11.6 Å². The third kappa shape index (κ3) is 3.39. The van der Waals surface area contributed by atoms with Gasteiger partial charge >= 0.3 is 0 Å². The minimum atomic E-state index is -1.34. The predicted octanol–water partition coefficient (Wildman–Crippen LogP) is 3.63. The van der Waals surface area contributed by atoms with Crippen LogP contribution in [0.5, 0.6) is 5.88 Å². The number of primary amides is 1. The third-order valence-electron chi connectivity index (χ3n) is 5.91. The normalized spacial score (nSPS) is 19.6. The largest absolute Gasteiger partial charge is 0.455 e. The molecule has 0 fully saturated rings. The first-order valence-corrected chi connectivity index (χ1v) is 10.4. The van der Waals surface area contributed by atoms with Crippen molar-refractivity contribution in [3.63, 3.8) is 0 Å². The summed E-state index contributed by atoms with van der Waals surface area (Å²) in [6.07, 6.45) is 0. The van der Waals surface area contributed by atoms with E-state index in [0.717, 1.165) is 0 Å². The van der Waals surface area contributed by atoms with Crippen molar-refractivity contribution in [2.24, 2.45) is 5.73 Å². The van der Waals surface area contributed by atoms with Gasteiger partial charge in [0.2, 0.25) is 17.4 Å². The number of anilines is 2. The molecule has 3 aromatic rings. The molecule has 2 heterocycles. The molecule has 7 nitrogen and oxygen atoms in total. The average molecular weight is 451 g/mol. The van der Waals surface area contributed by atoms with Crippen LogP contribution in [0.3, 0.4) is 0 Å². The second-order valence-electron chi connectivity index (χ2n) is 7.88. The molecule has 0 bridgehead atoms. The molecular formula is C24H23ClN4O3. The van der Waals surface area contributed by atoms with E-state index < -0.39 is 17.0 Å². The highest BCUT2D eigenvalue weighted by atomic mass is 35.5. The van der Waals surface area contributed by atoms with Crippen molar-refractivity contribution in [2.45, 2.75) is 25.0 Å². The van der Waals surface area contributed by atoms with E-state index in [2.05, 4.69) is 10.3 Å². The Morgan fingerprint density at radius 3 is 2.38 bits per heavy atom. The predicted molar refractivity (Wildman–Crippen MR) is 123 cm³/mol. The molecule has 0 aliphatic carbocycles. The molecule has 2 atom stereocenters. The molecule has 4 rings (SSSR count). The Kier molecular flexibility index (Phi) is 5.40. The average Bonchev–Trinajstić information content (AvgIpc) is 2.80. The lowest BCUT2D eigenvalue weighted by atomic mass is 9.91. The highest BCUT2D eigenvalue weighted by Crippen LogP contribution is 2.45. The van der Waals surface area contributed by atoms with Crippen LogP contribution in [-0.4, -0.2) is 23.8 Å². The van der Waals surface area contributed by atoms with Crippen molar-refractivity contribution in [1.29, 1.82) is 0 Å². The smallest absolute Gasteiger partial charge is 0.280 e. The fourth-order valence-electron chi connectivity index (χ4n) is 3.68. The molecule has 164 valence electrons. The van der Waals surface area contributed by atoms with Crippen LogP contribution in [-0.2, 0) is 20.7 Å². The van der Waals surface area contributed by atoms with E-state index >= 15 is 0 Å². The second kappa shape index (κ2) is 7.93. The van der Waals surface area contributed by atoms with Gasteiger partial charge < -0.3 is 15.8 Å². The monoisotopic (exact) mass is 450 g/mol. The molecule has 2 amide bonds. The minimum absolute atomic E-state index is 0.214. The highest BCUT2D eigenvalue weighted by molar-refractivity contribution is 6.30. The maximum absolute atomic E-state index is 13.8. The van der Waals surface area contributed by atoms with E-state index in [4.69, 9.17) is 22.1 Å². The zero-order chi connectivity index (χ0) is 23.1. The fourth-order valence-corrected chi connectivity index (χ4v) is 3.81. The number of ether oxygens (including phenoxy) is 1. The lowest BCUT2D eigenvalue weighted by Crippen LogP contribution is -2.52. The van der Waals surface area contributed by atoms with Crippen molar-refractivity contribution < 1.29 is 14.3 Å². The van der Waals surface area contributed by atoms with Gasteiger partial charge in [-0.1, -0.05) is 41.9 Å². The van der Waals surface area contributed by atoms with Crippen LogP contribution < -0.4 is 20.7 Å². The van der Waals surface area contributed by atoms with Gasteiger partial charge in [0.1, 0.15) is 11.2 Å². The van der Waals surface area contributed by atoms with Gasteiger partial charge in [0.05, 0.1) is 5.69 Å². The Hall–Kier alpha value is -3.42. The van der Waals surface area contributed by atoms with E-state index in [-0.39, 0.29) is 11.8 Å². The SMILES string of the molecule is CNC(C)(C(N)=O)c1ccc2c(n1)O[C@@](C)(c1ccccc1)C(=O)N2c1ccc(Cl)cc1. The van der Waals surface area contributed by atoms with Gasteiger partial charge in [-0.25, -0.2) is 4.98 Å². The molecular weight excluding hydrogens is 428 g/mol. The number of nitrogens with one attached hydrogen (secondary N) is 1. The number of aromatic nitrogens is 1. The summed E-state index contributed by atoms with van der Waals surface area (Å²) in [5.74, 6) is -0.648. The minimum Gasteiger partial charge on any atom is -0.455 e. The Morgan fingerprint density at radius 1 is 1.12 bits per heavy atom. The molecule has 1 unspecified atom stereocenters. The van der Waals surface area contributed by atoms with Gasteiger partial charge in [-0.15, -0.1) is 0 Å². The number of benzene rings is 2. The zero-order valence-electron chi connectivity index (χ0n) is 17.9. The maximum atomic E-state index is 13.8. The molecule has 0 radical (unpaired) electrons. The van der Waals surface area contributed by atoms with Crippen molar-refractivity contribution in [2.75, 3.05) is 11.9 Å². The Balaban J connectivity index is 1.93. The topological polar surface area (TPSA) is 97.5 Å². The fraction of sp³-hybridized carbons (Fsp3) is 0.208. The van der Waals surface area contributed by atoms with Crippen molar-refractivity contribution in [1.82, 2.24) is 10.3 Å². The summed E-state index contributed by atoms with van der Waals surface area (Å²) in [5, 5.41) is 3.48. The Bertz CT molecular complexity index is 1190. The number of fused-ring (bicyclic) bond motifs is 1. The quantitative estimate of drug-likeness (QED) is 0.618. The van der Waals surface area contributed by atoms with E-state index in [1.807, 2.05) is 30.3 Å². The third-order valence-corrected chi connectivity index (χ3v) is 6.16. The summed E-state index contributed by atoms with van der Waals surface area (Å²) in [4.78, 5) is 32.1. The van der Waals surface area contributed by atoms with Crippen LogP contribution in [0.25, 0.3) is 0 Å². The van der Waals surface area contributed by atoms with Gasteiger partial charge in [-0.3, -0.25) is 14.5 Å². The second-order valence-corrected chi connectivity index (χ2v) is 8.31. The molecule has 1 aromatic heterocycles. The molecule has 0 saturated carbocycles. The van der Waals surface area contributed by atoms with Gasteiger partial charge in [-0.05, 0) is 57.3 Å². The van der Waals surface area contributed by atoms with Crippen molar-refractivity contribution in [3.8, 4) is 5.88 Å². The molecule has 32 heavy (non-hydrogen) atoms. The lowest BCUT2D eigenvalue weighted by molar-refractivity contribution is -0.134. The molecule has 2 aromatic carbocycles. The summed E-state index contributed by atoms with van der Waals surface area (Å²) >= 11 is 6.06. The number of nitrogens with zero attached hydrogens (tertiary/aromatic N) is 2. The van der Waals surface area contributed by atoms with Gasteiger partial charge in [-0.2, -0.15) is 0 Å². The number of pyridine rings is 1. The van der Waals surface area contributed by atoms with Gasteiger partial charge in [0, 0.05) is 16.3 Å². The van der Waals surface area contributed by atoms with Gasteiger partial charge in [0.25, 0.3) is 5.91 Å². The number of likely N-dealkylation sites (N-methyl/N-ethyl adjacent to an activating group) is 1. The first kappa shape index (κ1) is 21.8. The molecule has 8 heteroatoms. The maximum Gasteiger partial charge on any atom is 0.280 e. The van der Waals surface area contributed by atoms with E-state index in [1.54, 1.807) is 62.2 Å². The van der Waals surface area contributed by atoms with Crippen LogP contribution in [0.2, 0.25) is 5.02 Å². The summed E-state index contributed by atoms with van der Waals surface area (Å²) in [7, 11) is 1.63. The number of halogens is 1. The van der Waals surface area contributed by atoms with Crippen LogP contribution in [0.15, 0.2) is 66.7 Å². The van der Waals surface area contributed by atoms with Gasteiger partial charge in [0.15, 0.2) is 0 Å². The van der Waals surface area contributed by atoms with E-state index in [1.165, 1.54) is 0 Å². The summed E-state index contributed by atoms with van der Waals surface area (Å²) in [6.45, 7) is 3.35. The number of carbonyl (C=O) groups excluding carboxylic acids is 2. The highest BCUT2D eigenvalue weighted by Gasteiger charge is 2.48. The van der Waals surface area contributed by atoms with E-state index in [0.29, 0.717) is 27.7 Å². The number of nitrogens with two attached hydrogens (primary N) is 1.